The normalized spacial score (nSPS) is 29.9. The molecular weight excluding hydrogens is 212 g/mol. The summed E-state index contributed by atoms with van der Waals surface area (Å²) in [5.41, 5.74) is 5.34. The highest BCUT2D eigenvalue weighted by atomic mass is 16.2. The number of nitrogens with two attached hydrogens (primary N) is 1. The number of carbonyl (C=O) groups excluding carboxylic acids is 1. The standard InChI is InChI=1S/C14H26N2O/c1-14(2,10-15)13(17)16-9-5-7-11-6-3-4-8-12(11)16/h11-12H,3-10,15H2,1-2H3. The van der Waals surface area contributed by atoms with E-state index in [1.54, 1.807) is 0 Å². The molecule has 1 aliphatic heterocycles. The molecule has 2 rings (SSSR count). The van der Waals surface area contributed by atoms with E-state index in [-0.39, 0.29) is 11.3 Å². The molecule has 1 aliphatic carbocycles. The van der Waals surface area contributed by atoms with E-state index in [4.69, 9.17) is 5.73 Å². The van der Waals surface area contributed by atoms with Crippen LogP contribution in [0.15, 0.2) is 0 Å². The minimum Gasteiger partial charge on any atom is -0.339 e. The predicted molar refractivity (Wildman–Crippen MR) is 69.5 cm³/mol. The predicted octanol–water partition coefficient (Wildman–Crippen LogP) is 2.15. The molecule has 2 fully saturated rings. The molecule has 2 N–H and O–H groups in total. The van der Waals surface area contributed by atoms with Crippen molar-refractivity contribution in [2.24, 2.45) is 17.1 Å². The van der Waals surface area contributed by atoms with Crippen molar-refractivity contribution >= 4 is 5.91 Å². The highest BCUT2D eigenvalue weighted by Crippen LogP contribution is 2.36. The lowest BCUT2D eigenvalue weighted by Gasteiger charge is -2.46. The van der Waals surface area contributed by atoms with Gasteiger partial charge in [0, 0.05) is 19.1 Å². The Morgan fingerprint density at radius 2 is 1.88 bits per heavy atom. The number of amides is 1. The first-order valence-corrected chi connectivity index (χ1v) is 7.07. The minimum absolute atomic E-state index is 0.275. The second-order valence-electron chi connectivity index (χ2n) is 6.34. The zero-order valence-electron chi connectivity index (χ0n) is 11.2. The molecule has 3 nitrogen and oxygen atoms in total. The molecule has 17 heavy (non-hydrogen) atoms. The summed E-state index contributed by atoms with van der Waals surface area (Å²) in [5.74, 6) is 1.03. The van der Waals surface area contributed by atoms with Crippen LogP contribution in [0.3, 0.4) is 0 Å². The van der Waals surface area contributed by atoms with Crippen molar-refractivity contribution in [3.05, 3.63) is 0 Å². The van der Waals surface area contributed by atoms with Crippen LogP contribution in [0.5, 0.6) is 0 Å². The van der Waals surface area contributed by atoms with Crippen LogP contribution >= 0.6 is 0 Å². The van der Waals surface area contributed by atoms with Crippen LogP contribution in [-0.4, -0.2) is 29.9 Å². The summed E-state index contributed by atoms with van der Waals surface area (Å²) in [6, 6.07) is 0.510. The molecule has 3 heteroatoms. The second kappa shape index (κ2) is 4.97. The van der Waals surface area contributed by atoms with E-state index < -0.39 is 0 Å². The second-order valence-corrected chi connectivity index (χ2v) is 6.34. The van der Waals surface area contributed by atoms with Crippen LogP contribution < -0.4 is 5.73 Å². The molecule has 0 aromatic carbocycles. The third-order valence-corrected chi connectivity index (χ3v) is 4.59. The highest BCUT2D eigenvalue weighted by molar-refractivity contribution is 5.82. The summed E-state index contributed by atoms with van der Waals surface area (Å²) < 4.78 is 0. The van der Waals surface area contributed by atoms with Gasteiger partial charge in [0.2, 0.25) is 5.91 Å². The van der Waals surface area contributed by atoms with E-state index in [2.05, 4.69) is 4.90 Å². The van der Waals surface area contributed by atoms with E-state index in [1.807, 2.05) is 13.8 Å². The van der Waals surface area contributed by atoms with E-state index in [0.717, 1.165) is 12.5 Å². The molecule has 1 saturated heterocycles. The number of likely N-dealkylation sites (tertiary alicyclic amines) is 1. The quantitative estimate of drug-likeness (QED) is 0.801. The Balaban J connectivity index is 2.11. The summed E-state index contributed by atoms with van der Waals surface area (Å²) >= 11 is 0. The molecular formula is C14H26N2O. The number of fused-ring (bicyclic) bond motifs is 1. The smallest absolute Gasteiger partial charge is 0.229 e. The van der Waals surface area contributed by atoms with E-state index >= 15 is 0 Å². The van der Waals surface area contributed by atoms with Gasteiger partial charge in [0.1, 0.15) is 0 Å². The summed E-state index contributed by atoms with van der Waals surface area (Å²) in [5, 5.41) is 0. The first-order chi connectivity index (χ1) is 8.06. The van der Waals surface area contributed by atoms with Gasteiger partial charge in [-0.2, -0.15) is 0 Å². The fourth-order valence-corrected chi connectivity index (χ4v) is 3.35. The third-order valence-electron chi connectivity index (χ3n) is 4.59. The van der Waals surface area contributed by atoms with Crippen LogP contribution in [0, 0.1) is 11.3 Å². The van der Waals surface area contributed by atoms with Crippen molar-refractivity contribution in [3.8, 4) is 0 Å². The largest absolute Gasteiger partial charge is 0.339 e. The fourth-order valence-electron chi connectivity index (χ4n) is 3.35. The Kier molecular flexibility index (Phi) is 3.76. The van der Waals surface area contributed by atoms with Gasteiger partial charge in [-0.1, -0.05) is 12.8 Å². The molecule has 98 valence electrons. The van der Waals surface area contributed by atoms with Gasteiger partial charge in [-0.15, -0.1) is 0 Å². The number of hydrogen-bond donors (Lipinski definition) is 1. The number of piperidine rings is 1. The zero-order valence-corrected chi connectivity index (χ0v) is 11.2. The topological polar surface area (TPSA) is 46.3 Å². The maximum absolute atomic E-state index is 12.6. The van der Waals surface area contributed by atoms with Gasteiger partial charge in [0.15, 0.2) is 0 Å². The van der Waals surface area contributed by atoms with E-state index in [9.17, 15) is 4.79 Å². The van der Waals surface area contributed by atoms with Crippen LogP contribution in [-0.2, 0) is 4.79 Å². The first kappa shape index (κ1) is 12.9. The van der Waals surface area contributed by atoms with Crippen LogP contribution in [0.1, 0.15) is 52.4 Å². The number of hydrogen-bond acceptors (Lipinski definition) is 2. The lowest BCUT2D eigenvalue weighted by molar-refractivity contribution is -0.146. The Morgan fingerprint density at radius 1 is 1.24 bits per heavy atom. The Hall–Kier alpha value is -0.570. The average Bonchev–Trinajstić information content (AvgIpc) is 2.37. The van der Waals surface area contributed by atoms with Gasteiger partial charge in [0.05, 0.1) is 5.41 Å². The summed E-state index contributed by atoms with van der Waals surface area (Å²) in [7, 11) is 0. The van der Waals surface area contributed by atoms with Gasteiger partial charge in [-0.3, -0.25) is 4.79 Å². The van der Waals surface area contributed by atoms with Gasteiger partial charge < -0.3 is 10.6 Å². The molecule has 1 heterocycles. The summed E-state index contributed by atoms with van der Waals surface area (Å²) in [6.45, 7) is 5.34. The maximum atomic E-state index is 12.6. The Labute approximate surface area is 105 Å². The molecule has 0 radical (unpaired) electrons. The molecule has 0 aromatic heterocycles. The van der Waals surface area contributed by atoms with E-state index in [1.165, 1.54) is 38.5 Å². The van der Waals surface area contributed by atoms with Crippen molar-refractivity contribution in [1.82, 2.24) is 4.90 Å². The molecule has 1 amide bonds. The molecule has 1 saturated carbocycles. The first-order valence-electron chi connectivity index (χ1n) is 7.07. The maximum Gasteiger partial charge on any atom is 0.229 e. The summed E-state index contributed by atoms with van der Waals surface area (Å²) in [4.78, 5) is 14.7. The van der Waals surface area contributed by atoms with Crippen molar-refractivity contribution in [3.63, 3.8) is 0 Å². The van der Waals surface area contributed by atoms with Gasteiger partial charge >= 0.3 is 0 Å². The van der Waals surface area contributed by atoms with Gasteiger partial charge in [-0.25, -0.2) is 0 Å². The van der Waals surface area contributed by atoms with Crippen LogP contribution in [0.2, 0.25) is 0 Å². The number of rotatable bonds is 2. The number of nitrogens with zero attached hydrogens (tertiary/aromatic N) is 1. The fraction of sp³-hybridized carbons (Fsp3) is 0.929. The molecule has 2 aliphatic rings. The monoisotopic (exact) mass is 238 g/mol. The lowest BCUT2D eigenvalue weighted by atomic mass is 9.77. The van der Waals surface area contributed by atoms with Crippen molar-refractivity contribution in [2.75, 3.05) is 13.1 Å². The van der Waals surface area contributed by atoms with Gasteiger partial charge in [0.25, 0.3) is 0 Å². The van der Waals surface area contributed by atoms with Crippen molar-refractivity contribution in [2.45, 2.75) is 58.4 Å². The third kappa shape index (κ3) is 2.49. The molecule has 0 spiro atoms. The highest BCUT2D eigenvalue weighted by Gasteiger charge is 2.40. The zero-order chi connectivity index (χ0) is 12.5. The van der Waals surface area contributed by atoms with Crippen molar-refractivity contribution < 1.29 is 4.79 Å². The van der Waals surface area contributed by atoms with E-state index in [0.29, 0.717) is 12.6 Å². The van der Waals surface area contributed by atoms with Crippen LogP contribution in [0.4, 0.5) is 0 Å². The van der Waals surface area contributed by atoms with Crippen LogP contribution in [0.25, 0.3) is 0 Å². The molecule has 0 aromatic rings. The Bertz CT molecular complexity index is 286. The van der Waals surface area contributed by atoms with Gasteiger partial charge in [-0.05, 0) is 45.4 Å². The summed E-state index contributed by atoms with van der Waals surface area (Å²) in [6.07, 6.45) is 7.65. The lowest BCUT2D eigenvalue weighted by Crippen LogP contribution is -2.54. The van der Waals surface area contributed by atoms with Crippen molar-refractivity contribution in [1.29, 1.82) is 0 Å². The molecule has 2 atom stereocenters. The number of carbonyl (C=O) groups is 1. The Morgan fingerprint density at radius 3 is 2.59 bits per heavy atom. The SMILES string of the molecule is CC(C)(CN)C(=O)N1CCCC2CCCCC21. The molecule has 0 bridgehead atoms. The minimum atomic E-state index is -0.390. The average molecular weight is 238 g/mol. The molecule has 2 unspecified atom stereocenters.